The van der Waals surface area contributed by atoms with Gasteiger partial charge in [-0.15, -0.1) is 0 Å². The van der Waals surface area contributed by atoms with E-state index in [1.165, 1.54) is 0 Å². The fourth-order valence-corrected chi connectivity index (χ4v) is 2.00. The molecule has 0 amide bonds. The van der Waals surface area contributed by atoms with E-state index in [4.69, 9.17) is 9.47 Å². The number of nitrogens with one attached hydrogen (secondary N) is 1. The molecule has 0 radical (unpaired) electrons. The molecule has 3 aromatic rings. The van der Waals surface area contributed by atoms with Crippen molar-refractivity contribution in [3.05, 3.63) is 42.6 Å². The molecule has 3 rings (SSSR count). The number of H-pyrrole nitrogens is 1. The van der Waals surface area contributed by atoms with E-state index in [0.717, 1.165) is 22.7 Å². The van der Waals surface area contributed by atoms with Crippen LogP contribution in [0, 0.1) is 0 Å². The van der Waals surface area contributed by atoms with Gasteiger partial charge < -0.3 is 14.5 Å². The number of rotatable bonds is 5. The Morgan fingerprint density at radius 3 is 2.85 bits per heavy atom. The first-order valence-electron chi connectivity index (χ1n) is 6.40. The number of para-hydroxylation sites is 1. The molecule has 5 nitrogen and oxygen atoms in total. The van der Waals surface area contributed by atoms with E-state index in [0.29, 0.717) is 18.9 Å². The summed E-state index contributed by atoms with van der Waals surface area (Å²) in [7, 11) is 1.65. The summed E-state index contributed by atoms with van der Waals surface area (Å²) in [4.78, 5) is 12.0. The smallest absolute Gasteiger partial charge is 0.178 e. The zero-order chi connectivity index (χ0) is 13.8. The molecule has 0 aliphatic rings. The van der Waals surface area contributed by atoms with Crippen molar-refractivity contribution in [2.24, 2.45) is 0 Å². The molecule has 0 aliphatic heterocycles. The van der Waals surface area contributed by atoms with Gasteiger partial charge in [0.05, 0.1) is 17.7 Å². The number of benzene rings is 1. The van der Waals surface area contributed by atoms with Crippen LogP contribution >= 0.6 is 0 Å². The van der Waals surface area contributed by atoms with Crippen LogP contribution in [0.5, 0.6) is 5.75 Å². The standard InChI is InChI=1S/C15H15N3O2/c1-19-9-10-20-13-7-3-2-5-11(13)14-17-12-6-4-8-16-15(12)18-14/h2-8H,9-10H2,1H3,(H,16,17,18). The van der Waals surface area contributed by atoms with Crippen LogP contribution in [0.1, 0.15) is 0 Å². The monoisotopic (exact) mass is 269 g/mol. The lowest BCUT2D eigenvalue weighted by molar-refractivity contribution is 0.146. The number of methoxy groups -OCH3 is 1. The maximum Gasteiger partial charge on any atom is 0.178 e. The van der Waals surface area contributed by atoms with E-state index < -0.39 is 0 Å². The van der Waals surface area contributed by atoms with Crippen LogP contribution in [0.4, 0.5) is 0 Å². The topological polar surface area (TPSA) is 60.0 Å². The molecule has 0 aliphatic carbocycles. The molecule has 102 valence electrons. The highest BCUT2D eigenvalue weighted by Gasteiger charge is 2.10. The summed E-state index contributed by atoms with van der Waals surface area (Å²) in [5.41, 5.74) is 2.53. The normalized spacial score (nSPS) is 10.8. The lowest BCUT2D eigenvalue weighted by Gasteiger charge is -2.09. The van der Waals surface area contributed by atoms with Crippen molar-refractivity contribution in [3.8, 4) is 17.1 Å². The third-order valence-electron chi connectivity index (χ3n) is 2.94. The largest absolute Gasteiger partial charge is 0.490 e. The minimum absolute atomic E-state index is 0.506. The molecular formula is C15H15N3O2. The molecule has 1 aromatic carbocycles. The van der Waals surface area contributed by atoms with Gasteiger partial charge in [-0.1, -0.05) is 12.1 Å². The molecule has 5 heteroatoms. The van der Waals surface area contributed by atoms with Crippen LogP contribution in [-0.4, -0.2) is 35.3 Å². The van der Waals surface area contributed by atoms with Gasteiger partial charge in [-0.3, -0.25) is 0 Å². The van der Waals surface area contributed by atoms with Gasteiger partial charge in [0.25, 0.3) is 0 Å². The Morgan fingerprint density at radius 2 is 2.00 bits per heavy atom. The van der Waals surface area contributed by atoms with Crippen molar-refractivity contribution in [1.29, 1.82) is 0 Å². The van der Waals surface area contributed by atoms with Gasteiger partial charge in [-0.2, -0.15) is 0 Å². The van der Waals surface area contributed by atoms with Crippen LogP contribution in [0.25, 0.3) is 22.6 Å². The Morgan fingerprint density at radius 1 is 1.10 bits per heavy atom. The maximum absolute atomic E-state index is 5.72. The van der Waals surface area contributed by atoms with Gasteiger partial charge in [0.1, 0.15) is 18.2 Å². The lowest BCUT2D eigenvalue weighted by Crippen LogP contribution is -2.05. The van der Waals surface area contributed by atoms with Crippen LogP contribution < -0.4 is 4.74 Å². The number of pyridine rings is 1. The molecule has 0 saturated heterocycles. The first-order chi connectivity index (χ1) is 9.88. The summed E-state index contributed by atoms with van der Waals surface area (Å²) in [6.45, 7) is 1.06. The van der Waals surface area contributed by atoms with Crippen LogP contribution in [0.2, 0.25) is 0 Å². The molecule has 0 fully saturated rings. The Bertz CT molecular complexity index is 676. The second-order valence-corrected chi connectivity index (χ2v) is 4.30. The van der Waals surface area contributed by atoms with Crippen molar-refractivity contribution in [3.63, 3.8) is 0 Å². The molecule has 1 N–H and O–H groups in total. The first kappa shape index (κ1) is 12.6. The number of imidazole rings is 1. The number of aromatic amines is 1. The molecule has 0 saturated carbocycles. The van der Waals surface area contributed by atoms with E-state index in [-0.39, 0.29) is 0 Å². The fraction of sp³-hybridized carbons (Fsp3) is 0.200. The average molecular weight is 269 g/mol. The summed E-state index contributed by atoms with van der Waals surface area (Å²) < 4.78 is 10.7. The molecule has 0 atom stereocenters. The van der Waals surface area contributed by atoms with Crippen LogP contribution in [-0.2, 0) is 4.74 Å². The predicted octanol–water partition coefficient (Wildman–Crippen LogP) is 2.65. The number of aromatic nitrogens is 3. The quantitative estimate of drug-likeness (QED) is 0.723. The van der Waals surface area contributed by atoms with E-state index in [1.54, 1.807) is 13.3 Å². The van der Waals surface area contributed by atoms with Crippen molar-refractivity contribution < 1.29 is 9.47 Å². The molecule has 2 aromatic heterocycles. The average Bonchev–Trinajstić information content (AvgIpc) is 2.92. The van der Waals surface area contributed by atoms with Crippen molar-refractivity contribution in [2.45, 2.75) is 0 Å². The molecule has 20 heavy (non-hydrogen) atoms. The Balaban J connectivity index is 1.96. The minimum atomic E-state index is 0.506. The fourth-order valence-electron chi connectivity index (χ4n) is 2.00. The minimum Gasteiger partial charge on any atom is -0.490 e. The van der Waals surface area contributed by atoms with Gasteiger partial charge in [0.2, 0.25) is 0 Å². The molecule has 2 heterocycles. The Labute approximate surface area is 116 Å². The lowest BCUT2D eigenvalue weighted by atomic mass is 10.2. The maximum atomic E-state index is 5.72. The van der Waals surface area contributed by atoms with Gasteiger partial charge >= 0.3 is 0 Å². The number of hydrogen-bond acceptors (Lipinski definition) is 4. The Kier molecular flexibility index (Phi) is 3.60. The number of ether oxygens (including phenoxy) is 2. The molecular weight excluding hydrogens is 254 g/mol. The molecule has 0 unspecified atom stereocenters. The zero-order valence-corrected chi connectivity index (χ0v) is 11.2. The van der Waals surface area contributed by atoms with Gasteiger partial charge in [-0.05, 0) is 24.3 Å². The van der Waals surface area contributed by atoms with E-state index in [9.17, 15) is 0 Å². The highest BCUT2D eigenvalue weighted by atomic mass is 16.5. The second-order valence-electron chi connectivity index (χ2n) is 4.30. The summed E-state index contributed by atoms with van der Waals surface area (Å²) in [5, 5.41) is 0. The highest BCUT2D eigenvalue weighted by molar-refractivity contribution is 5.77. The van der Waals surface area contributed by atoms with Crippen LogP contribution in [0.15, 0.2) is 42.6 Å². The molecule has 0 spiro atoms. The zero-order valence-electron chi connectivity index (χ0n) is 11.2. The second kappa shape index (κ2) is 5.71. The summed E-state index contributed by atoms with van der Waals surface area (Å²) in [6.07, 6.45) is 1.73. The van der Waals surface area contributed by atoms with Crippen molar-refractivity contribution >= 4 is 11.2 Å². The van der Waals surface area contributed by atoms with Gasteiger partial charge in [0.15, 0.2) is 5.65 Å². The van der Waals surface area contributed by atoms with Crippen molar-refractivity contribution in [2.75, 3.05) is 20.3 Å². The van der Waals surface area contributed by atoms with Gasteiger partial charge in [0, 0.05) is 13.3 Å². The number of hydrogen-bond donors (Lipinski definition) is 1. The third-order valence-corrected chi connectivity index (χ3v) is 2.94. The van der Waals surface area contributed by atoms with Crippen molar-refractivity contribution in [1.82, 2.24) is 15.0 Å². The van der Waals surface area contributed by atoms with E-state index >= 15 is 0 Å². The van der Waals surface area contributed by atoms with E-state index in [2.05, 4.69) is 15.0 Å². The number of fused-ring (bicyclic) bond motifs is 1. The number of nitrogens with zero attached hydrogens (tertiary/aromatic N) is 2. The first-order valence-corrected chi connectivity index (χ1v) is 6.40. The Hall–Kier alpha value is -2.40. The SMILES string of the molecule is COCCOc1ccccc1-c1nc2ncccc2[nH]1. The highest BCUT2D eigenvalue weighted by Crippen LogP contribution is 2.28. The summed E-state index contributed by atoms with van der Waals surface area (Å²) in [6, 6.07) is 11.6. The van der Waals surface area contributed by atoms with Crippen LogP contribution in [0.3, 0.4) is 0 Å². The summed E-state index contributed by atoms with van der Waals surface area (Å²) >= 11 is 0. The van der Waals surface area contributed by atoms with Gasteiger partial charge in [-0.25, -0.2) is 9.97 Å². The summed E-state index contributed by atoms with van der Waals surface area (Å²) in [5.74, 6) is 1.54. The third kappa shape index (κ3) is 2.48. The van der Waals surface area contributed by atoms with E-state index in [1.807, 2.05) is 36.4 Å². The molecule has 0 bridgehead atoms. The predicted molar refractivity (Wildman–Crippen MR) is 76.7 cm³/mol.